The van der Waals surface area contributed by atoms with E-state index in [-0.39, 0.29) is 11.4 Å². The number of aromatic amines is 1. The monoisotopic (exact) mass is 269 g/mol. The molecule has 0 atom stereocenters. The fourth-order valence-electron chi connectivity index (χ4n) is 1.51. The molecule has 5 nitrogen and oxygen atoms in total. The van der Waals surface area contributed by atoms with E-state index < -0.39 is 15.8 Å². The summed E-state index contributed by atoms with van der Waals surface area (Å²) in [7, 11) is -2.24. The predicted octanol–water partition coefficient (Wildman–Crippen LogP) is 1.37. The van der Waals surface area contributed by atoms with E-state index >= 15 is 0 Å². The summed E-state index contributed by atoms with van der Waals surface area (Å²) in [6, 6.07) is 6.07. The third kappa shape index (κ3) is 2.41. The van der Waals surface area contributed by atoms with E-state index in [1.807, 2.05) is 0 Å². The van der Waals surface area contributed by atoms with Crippen molar-refractivity contribution in [1.29, 1.82) is 0 Å². The fraction of sp³-hybridized carbons (Fsp3) is 0.182. The van der Waals surface area contributed by atoms with Gasteiger partial charge >= 0.3 is 0 Å². The number of H-pyrrole nitrogens is 1. The molecule has 18 heavy (non-hydrogen) atoms. The number of aromatic nitrogens is 2. The van der Waals surface area contributed by atoms with Crippen molar-refractivity contribution in [2.24, 2.45) is 0 Å². The van der Waals surface area contributed by atoms with Crippen molar-refractivity contribution in [1.82, 2.24) is 14.5 Å². The molecule has 0 bridgehead atoms. The summed E-state index contributed by atoms with van der Waals surface area (Å²) < 4.78 is 38.6. The molecule has 0 aliphatic carbocycles. The minimum absolute atomic E-state index is 0.0276. The van der Waals surface area contributed by atoms with Crippen LogP contribution >= 0.6 is 0 Å². The van der Waals surface area contributed by atoms with Gasteiger partial charge in [-0.25, -0.2) is 12.8 Å². The van der Waals surface area contributed by atoms with Gasteiger partial charge in [0.1, 0.15) is 10.7 Å². The average molecular weight is 269 g/mol. The molecule has 0 saturated carbocycles. The Bertz CT molecular complexity index is 625. The Hall–Kier alpha value is -1.73. The third-order valence-corrected chi connectivity index (χ3v) is 4.30. The smallest absolute Gasteiger partial charge is 0.246 e. The number of hydrogen-bond donors (Lipinski definition) is 1. The van der Waals surface area contributed by atoms with Crippen LogP contribution in [0.25, 0.3) is 0 Å². The lowest BCUT2D eigenvalue weighted by atomic mass is 10.2. The number of sulfonamides is 1. The first-order valence-electron chi connectivity index (χ1n) is 5.20. The van der Waals surface area contributed by atoms with Crippen molar-refractivity contribution in [3.8, 4) is 0 Å². The first-order valence-corrected chi connectivity index (χ1v) is 6.64. The molecule has 96 valence electrons. The van der Waals surface area contributed by atoms with Gasteiger partial charge in [-0.3, -0.25) is 5.10 Å². The molecule has 0 radical (unpaired) electrons. The fourth-order valence-corrected chi connectivity index (χ4v) is 2.57. The van der Waals surface area contributed by atoms with Gasteiger partial charge in [0, 0.05) is 25.4 Å². The Balaban J connectivity index is 2.24. The second kappa shape index (κ2) is 4.87. The second-order valence-corrected chi connectivity index (χ2v) is 5.83. The summed E-state index contributed by atoms with van der Waals surface area (Å²) in [6.07, 6.45) is 2.50. The Morgan fingerprint density at radius 1 is 1.39 bits per heavy atom. The zero-order valence-corrected chi connectivity index (χ0v) is 10.5. The molecule has 1 aromatic heterocycles. The summed E-state index contributed by atoms with van der Waals surface area (Å²) in [6.45, 7) is -0.0276. The van der Waals surface area contributed by atoms with Crippen LogP contribution in [0, 0.1) is 5.82 Å². The van der Waals surface area contributed by atoms with Crippen molar-refractivity contribution in [2.75, 3.05) is 7.05 Å². The molecule has 0 aliphatic heterocycles. The molecular weight excluding hydrogens is 257 g/mol. The molecule has 2 aromatic rings. The third-order valence-electron chi connectivity index (χ3n) is 2.53. The molecule has 1 aromatic carbocycles. The van der Waals surface area contributed by atoms with Gasteiger partial charge in [0.25, 0.3) is 0 Å². The van der Waals surface area contributed by atoms with Gasteiger partial charge in [-0.1, -0.05) is 18.2 Å². The van der Waals surface area contributed by atoms with Crippen LogP contribution in [0.2, 0.25) is 0 Å². The molecule has 7 heteroatoms. The highest BCUT2D eigenvalue weighted by molar-refractivity contribution is 7.89. The molecule has 0 spiro atoms. The highest BCUT2D eigenvalue weighted by Crippen LogP contribution is 2.16. The lowest BCUT2D eigenvalue weighted by Gasteiger charge is -2.16. The number of hydrogen-bond acceptors (Lipinski definition) is 3. The van der Waals surface area contributed by atoms with Crippen LogP contribution in [0.5, 0.6) is 0 Å². The standard InChI is InChI=1S/C11H12FN3O2S/c1-15(8-9-4-2-3-5-11(9)12)18(16,17)10-6-13-14-7-10/h2-7H,8H2,1H3,(H,13,14). The quantitative estimate of drug-likeness (QED) is 0.911. The molecule has 0 amide bonds. The molecule has 1 N–H and O–H groups in total. The maximum atomic E-state index is 13.4. The molecule has 0 saturated heterocycles. The van der Waals surface area contributed by atoms with E-state index in [4.69, 9.17) is 0 Å². The van der Waals surface area contributed by atoms with E-state index in [9.17, 15) is 12.8 Å². The summed E-state index contributed by atoms with van der Waals surface area (Å²) in [4.78, 5) is 0.0568. The minimum atomic E-state index is -3.64. The van der Waals surface area contributed by atoms with Gasteiger partial charge in [0.15, 0.2) is 0 Å². The summed E-state index contributed by atoms with van der Waals surface area (Å²) in [5.41, 5.74) is 0.326. The van der Waals surface area contributed by atoms with Crippen LogP contribution in [0.3, 0.4) is 0 Å². The lowest BCUT2D eigenvalue weighted by molar-refractivity contribution is 0.456. The Morgan fingerprint density at radius 2 is 2.11 bits per heavy atom. The first-order chi connectivity index (χ1) is 8.51. The largest absolute Gasteiger partial charge is 0.284 e. The Morgan fingerprint density at radius 3 is 2.72 bits per heavy atom. The normalized spacial score (nSPS) is 11.9. The predicted molar refractivity (Wildman–Crippen MR) is 63.6 cm³/mol. The van der Waals surface area contributed by atoms with Crippen molar-refractivity contribution < 1.29 is 12.8 Å². The van der Waals surface area contributed by atoms with Gasteiger partial charge in [-0.2, -0.15) is 9.40 Å². The number of nitrogens with zero attached hydrogens (tertiary/aromatic N) is 2. The van der Waals surface area contributed by atoms with E-state index in [1.54, 1.807) is 18.2 Å². The van der Waals surface area contributed by atoms with Crippen molar-refractivity contribution in [3.05, 3.63) is 48.0 Å². The highest BCUT2D eigenvalue weighted by Gasteiger charge is 2.22. The highest BCUT2D eigenvalue weighted by atomic mass is 32.2. The first kappa shape index (κ1) is 12.7. The van der Waals surface area contributed by atoms with Crippen LogP contribution in [0.15, 0.2) is 41.6 Å². The molecule has 0 unspecified atom stereocenters. The Labute approximate surface area is 104 Å². The van der Waals surface area contributed by atoms with Crippen LogP contribution in [0.4, 0.5) is 4.39 Å². The number of nitrogens with one attached hydrogen (secondary N) is 1. The van der Waals surface area contributed by atoms with Gasteiger partial charge in [0.05, 0.1) is 6.20 Å². The van der Waals surface area contributed by atoms with Gasteiger partial charge in [0.2, 0.25) is 10.0 Å². The van der Waals surface area contributed by atoms with Crippen molar-refractivity contribution in [3.63, 3.8) is 0 Å². The average Bonchev–Trinajstić information content (AvgIpc) is 2.86. The number of rotatable bonds is 4. The topological polar surface area (TPSA) is 66.1 Å². The van der Waals surface area contributed by atoms with Crippen LogP contribution in [0.1, 0.15) is 5.56 Å². The number of halogens is 1. The molecule has 2 rings (SSSR count). The zero-order chi connectivity index (χ0) is 13.2. The minimum Gasteiger partial charge on any atom is -0.284 e. The van der Waals surface area contributed by atoms with Crippen LogP contribution in [-0.4, -0.2) is 30.0 Å². The van der Waals surface area contributed by atoms with E-state index in [0.717, 1.165) is 4.31 Å². The molecule has 0 fully saturated rings. The van der Waals surface area contributed by atoms with E-state index in [2.05, 4.69) is 10.2 Å². The maximum Gasteiger partial charge on any atom is 0.246 e. The second-order valence-electron chi connectivity index (χ2n) is 3.79. The van der Waals surface area contributed by atoms with Crippen molar-refractivity contribution >= 4 is 10.0 Å². The van der Waals surface area contributed by atoms with Gasteiger partial charge < -0.3 is 0 Å². The van der Waals surface area contributed by atoms with Gasteiger partial charge in [-0.05, 0) is 6.07 Å². The maximum absolute atomic E-state index is 13.4. The Kier molecular flexibility index (Phi) is 3.44. The van der Waals surface area contributed by atoms with Gasteiger partial charge in [-0.15, -0.1) is 0 Å². The lowest BCUT2D eigenvalue weighted by Crippen LogP contribution is -2.26. The molecular formula is C11H12FN3O2S. The van der Waals surface area contributed by atoms with E-state index in [0.29, 0.717) is 5.56 Å². The molecule has 1 heterocycles. The SMILES string of the molecule is CN(Cc1ccccc1F)S(=O)(=O)c1cn[nH]c1. The van der Waals surface area contributed by atoms with E-state index in [1.165, 1.54) is 25.5 Å². The summed E-state index contributed by atoms with van der Waals surface area (Å²) >= 11 is 0. The number of benzene rings is 1. The summed E-state index contributed by atoms with van der Waals surface area (Å²) in [5.74, 6) is -0.424. The zero-order valence-electron chi connectivity index (χ0n) is 9.67. The van der Waals surface area contributed by atoms with Crippen LogP contribution in [-0.2, 0) is 16.6 Å². The summed E-state index contributed by atoms with van der Waals surface area (Å²) in [5, 5.41) is 6.03. The van der Waals surface area contributed by atoms with Crippen LogP contribution < -0.4 is 0 Å². The van der Waals surface area contributed by atoms with Crippen molar-refractivity contribution in [2.45, 2.75) is 11.4 Å². The molecule has 0 aliphatic rings.